The zero-order chi connectivity index (χ0) is 15.2. The van der Waals surface area contributed by atoms with Crippen LogP contribution in [0.3, 0.4) is 0 Å². The van der Waals surface area contributed by atoms with E-state index in [4.69, 9.17) is 39.4 Å². The second-order valence-corrected chi connectivity index (χ2v) is 6.58. The van der Waals surface area contributed by atoms with Crippen molar-refractivity contribution in [1.29, 1.82) is 0 Å². The van der Waals surface area contributed by atoms with Gasteiger partial charge in [-0.3, -0.25) is 9.35 Å². The Labute approximate surface area is 129 Å². The fourth-order valence-electron chi connectivity index (χ4n) is 1.67. The highest BCUT2D eigenvalue weighted by Gasteiger charge is 2.31. The monoisotopic (exact) mass is 356 g/mol. The van der Waals surface area contributed by atoms with Crippen molar-refractivity contribution in [2.75, 3.05) is 5.01 Å². The van der Waals surface area contributed by atoms with Crippen molar-refractivity contribution in [1.82, 2.24) is 0 Å². The summed E-state index contributed by atoms with van der Waals surface area (Å²) in [6.07, 6.45) is 0.0559. The minimum atomic E-state index is -4.62. The number of hydrogen-bond acceptors (Lipinski definition) is 4. The third-order valence-corrected chi connectivity index (χ3v) is 4.65. The molecule has 0 saturated heterocycles. The van der Waals surface area contributed by atoms with Crippen LogP contribution in [-0.4, -0.2) is 24.6 Å². The maximum Gasteiger partial charge on any atom is 0.296 e. The molecule has 0 aromatic heterocycles. The van der Waals surface area contributed by atoms with Gasteiger partial charge >= 0.3 is 0 Å². The number of hydrazone groups is 1. The van der Waals surface area contributed by atoms with Crippen LogP contribution in [0.25, 0.3) is 0 Å². The van der Waals surface area contributed by atoms with Crippen LogP contribution in [0.4, 0.5) is 5.69 Å². The first kappa shape index (κ1) is 15.5. The number of hydrogen-bond donors (Lipinski definition) is 1. The molecule has 1 N–H and O–H groups in total. The lowest BCUT2D eigenvalue weighted by molar-refractivity contribution is -0.116. The predicted octanol–water partition coefficient (Wildman–Crippen LogP) is 3.01. The van der Waals surface area contributed by atoms with Crippen molar-refractivity contribution >= 4 is 62.2 Å². The van der Waals surface area contributed by atoms with Crippen molar-refractivity contribution in [2.45, 2.75) is 18.2 Å². The van der Waals surface area contributed by atoms with E-state index in [0.717, 1.165) is 11.1 Å². The van der Waals surface area contributed by atoms with Crippen LogP contribution in [0.15, 0.2) is 16.1 Å². The van der Waals surface area contributed by atoms with E-state index < -0.39 is 25.9 Å². The van der Waals surface area contributed by atoms with Gasteiger partial charge in [0.1, 0.15) is 10.6 Å². The summed E-state index contributed by atoms with van der Waals surface area (Å²) in [5.74, 6) is -0.435. The lowest BCUT2D eigenvalue weighted by atomic mass is 10.2. The van der Waals surface area contributed by atoms with E-state index in [1.54, 1.807) is 6.92 Å². The number of carbonyl (C=O) groups is 1. The molecular weight excluding hydrogens is 351 g/mol. The van der Waals surface area contributed by atoms with Gasteiger partial charge in [-0.2, -0.15) is 18.5 Å². The lowest BCUT2D eigenvalue weighted by Crippen LogP contribution is -2.21. The average Bonchev–Trinajstić information content (AvgIpc) is 2.62. The first-order valence-electron chi connectivity index (χ1n) is 5.15. The minimum absolute atomic E-state index is 0.0559. The van der Waals surface area contributed by atoms with Gasteiger partial charge in [0.2, 0.25) is 0 Å². The Hall–Kier alpha value is -0.860. The summed E-state index contributed by atoms with van der Waals surface area (Å²) in [6.45, 7) is 1.62. The van der Waals surface area contributed by atoms with Crippen molar-refractivity contribution in [3.8, 4) is 0 Å². The van der Waals surface area contributed by atoms with Crippen molar-refractivity contribution in [2.24, 2.45) is 5.10 Å². The lowest BCUT2D eigenvalue weighted by Gasteiger charge is -2.17. The summed E-state index contributed by atoms with van der Waals surface area (Å²) in [5, 5.41) is 4.07. The molecule has 0 unspecified atom stereocenters. The Bertz CT molecular complexity index is 745. The van der Waals surface area contributed by atoms with E-state index in [1.807, 2.05) is 0 Å². The summed E-state index contributed by atoms with van der Waals surface area (Å²) in [4.78, 5) is 11.2. The molecule has 1 amide bonds. The molecule has 1 aliphatic heterocycles. The van der Waals surface area contributed by atoms with Crippen LogP contribution in [0.1, 0.15) is 13.3 Å². The summed E-state index contributed by atoms with van der Waals surface area (Å²) in [6, 6.07) is 0.905. The molecule has 0 fully saturated rings. The predicted molar refractivity (Wildman–Crippen MR) is 76.5 cm³/mol. The quantitative estimate of drug-likeness (QED) is 0.651. The highest BCUT2D eigenvalue weighted by Crippen LogP contribution is 2.43. The number of nitrogens with zero attached hydrogens (tertiary/aromatic N) is 2. The molecule has 10 heteroatoms. The summed E-state index contributed by atoms with van der Waals surface area (Å²) in [7, 11) is -4.62. The SMILES string of the molecule is CC1=NN(c2c(Cl)c(Cl)cc(S(=O)(=O)O)c2Cl)C(=O)C1. The van der Waals surface area contributed by atoms with E-state index in [1.165, 1.54) is 0 Å². The Morgan fingerprint density at radius 3 is 2.35 bits per heavy atom. The van der Waals surface area contributed by atoms with Gasteiger partial charge in [0.15, 0.2) is 0 Å². The number of benzene rings is 1. The third-order valence-electron chi connectivity index (χ3n) is 2.50. The van der Waals surface area contributed by atoms with Gasteiger partial charge in [0.05, 0.1) is 21.5 Å². The Morgan fingerprint density at radius 1 is 1.30 bits per heavy atom. The van der Waals surface area contributed by atoms with E-state index in [9.17, 15) is 13.2 Å². The van der Waals surface area contributed by atoms with Gasteiger partial charge in [-0.05, 0) is 13.0 Å². The Balaban J connectivity index is 2.77. The highest BCUT2D eigenvalue weighted by atomic mass is 35.5. The molecule has 6 nitrogen and oxygen atoms in total. The second-order valence-electron chi connectivity index (χ2n) is 4.03. The highest BCUT2D eigenvalue weighted by molar-refractivity contribution is 7.86. The zero-order valence-corrected chi connectivity index (χ0v) is 13.0. The Kier molecular flexibility index (Phi) is 4.01. The molecule has 0 spiro atoms. The van der Waals surface area contributed by atoms with Crippen LogP contribution in [0.2, 0.25) is 15.1 Å². The molecule has 0 aliphatic carbocycles. The van der Waals surface area contributed by atoms with Crippen molar-refractivity contribution < 1.29 is 17.8 Å². The summed E-state index contributed by atoms with van der Waals surface area (Å²) in [5.41, 5.74) is 0.339. The van der Waals surface area contributed by atoms with Crippen LogP contribution < -0.4 is 5.01 Å². The van der Waals surface area contributed by atoms with Crippen LogP contribution in [-0.2, 0) is 14.9 Å². The van der Waals surface area contributed by atoms with Crippen LogP contribution in [0, 0.1) is 0 Å². The summed E-state index contributed by atoms with van der Waals surface area (Å²) < 4.78 is 31.6. The van der Waals surface area contributed by atoms with Gasteiger partial charge in [0.25, 0.3) is 16.0 Å². The molecule has 20 heavy (non-hydrogen) atoms. The van der Waals surface area contributed by atoms with E-state index in [2.05, 4.69) is 5.10 Å². The molecule has 0 radical (unpaired) electrons. The molecule has 1 heterocycles. The molecule has 1 aromatic rings. The normalized spacial score (nSPS) is 15.8. The molecule has 0 atom stereocenters. The molecule has 108 valence electrons. The smallest absolute Gasteiger partial charge is 0.282 e. The van der Waals surface area contributed by atoms with Gasteiger partial charge in [0, 0.05) is 5.71 Å². The minimum Gasteiger partial charge on any atom is -0.282 e. The number of halogens is 3. The molecule has 1 aromatic carbocycles. The van der Waals surface area contributed by atoms with Gasteiger partial charge in [-0.25, -0.2) is 0 Å². The van der Waals surface area contributed by atoms with E-state index in [0.29, 0.717) is 5.71 Å². The zero-order valence-electron chi connectivity index (χ0n) is 9.89. The molecule has 0 saturated carbocycles. The fraction of sp³-hybridized carbons (Fsp3) is 0.200. The molecule has 1 aliphatic rings. The topological polar surface area (TPSA) is 87.0 Å². The third kappa shape index (κ3) is 2.64. The van der Waals surface area contributed by atoms with Crippen LogP contribution in [0.5, 0.6) is 0 Å². The summed E-state index contributed by atoms with van der Waals surface area (Å²) >= 11 is 17.7. The molecule has 2 rings (SSSR count). The molecule has 0 bridgehead atoms. The van der Waals surface area contributed by atoms with E-state index in [-0.39, 0.29) is 22.2 Å². The Morgan fingerprint density at radius 2 is 1.90 bits per heavy atom. The maximum atomic E-state index is 11.8. The number of carbonyl (C=O) groups excluding carboxylic acids is 1. The van der Waals surface area contributed by atoms with Crippen LogP contribution >= 0.6 is 34.8 Å². The van der Waals surface area contributed by atoms with Gasteiger partial charge in [-0.15, -0.1) is 0 Å². The average molecular weight is 358 g/mol. The number of anilines is 1. The number of amides is 1. The second kappa shape index (κ2) is 5.16. The maximum absolute atomic E-state index is 11.8. The first-order chi connectivity index (χ1) is 9.12. The largest absolute Gasteiger partial charge is 0.296 e. The van der Waals surface area contributed by atoms with Gasteiger partial charge in [-0.1, -0.05) is 34.8 Å². The molecular formula is C10H7Cl3N2O4S. The fourth-order valence-corrected chi connectivity index (χ4v) is 3.32. The van der Waals surface area contributed by atoms with Crippen molar-refractivity contribution in [3.63, 3.8) is 0 Å². The van der Waals surface area contributed by atoms with E-state index >= 15 is 0 Å². The van der Waals surface area contributed by atoms with Crippen molar-refractivity contribution in [3.05, 3.63) is 21.1 Å². The standard InChI is InChI=1S/C10H7Cl3N2O4S/c1-4-2-7(16)15(14-4)10-8(12)5(11)3-6(9(10)13)20(17,18)19/h3H,2H2,1H3,(H,17,18,19). The van der Waals surface area contributed by atoms with Gasteiger partial charge < -0.3 is 0 Å². The first-order valence-corrected chi connectivity index (χ1v) is 7.72. The number of rotatable bonds is 2.